The average Bonchev–Trinajstić information content (AvgIpc) is 2.60. The highest BCUT2D eigenvalue weighted by molar-refractivity contribution is 5.01. The highest BCUT2D eigenvalue weighted by atomic mass is 16.5. The number of nitrogens with zero attached hydrogens (tertiary/aromatic N) is 2. The first-order chi connectivity index (χ1) is 12.6. The van der Waals surface area contributed by atoms with E-state index in [9.17, 15) is 5.11 Å². The summed E-state index contributed by atoms with van der Waals surface area (Å²) < 4.78 is 5.92. The van der Waals surface area contributed by atoms with E-state index in [-0.39, 0.29) is 12.7 Å². The fourth-order valence-corrected chi connectivity index (χ4v) is 6.79. The molecule has 5 aliphatic rings. The Balaban J connectivity index is 1.11. The predicted octanol–water partition coefficient (Wildman–Crippen LogP) is 1.58. The lowest BCUT2D eigenvalue weighted by molar-refractivity contribution is -0.0744. The van der Waals surface area contributed by atoms with Gasteiger partial charge in [-0.1, -0.05) is 0 Å². The predicted molar refractivity (Wildman–Crippen MR) is 102 cm³/mol. The van der Waals surface area contributed by atoms with E-state index in [1.807, 2.05) is 0 Å². The number of rotatable bonds is 9. The van der Waals surface area contributed by atoms with Gasteiger partial charge >= 0.3 is 0 Å². The van der Waals surface area contributed by atoms with Crippen LogP contribution in [0.25, 0.3) is 0 Å². The third-order valence-corrected chi connectivity index (χ3v) is 7.60. The van der Waals surface area contributed by atoms with E-state index < -0.39 is 0 Å². The summed E-state index contributed by atoms with van der Waals surface area (Å²) in [4.78, 5) is 4.60. The van der Waals surface area contributed by atoms with Gasteiger partial charge in [0.15, 0.2) is 0 Å². The second-order valence-corrected chi connectivity index (χ2v) is 9.76. The van der Waals surface area contributed by atoms with E-state index in [1.54, 1.807) is 0 Å². The summed E-state index contributed by atoms with van der Waals surface area (Å²) in [6, 6.07) is 0. The van der Waals surface area contributed by atoms with Gasteiger partial charge in [-0.3, -0.25) is 9.80 Å². The van der Waals surface area contributed by atoms with Crippen molar-refractivity contribution in [3.8, 4) is 0 Å². The van der Waals surface area contributed by atoms with Crippen LogP contribution in [0.2, 0.25) is 0 Å². The maximum absolute atomic E-state index is 10.3. The van der Waals surface area contributed by atoms with Crippen LogP contribution in [0.4, 0.5) is 0 Å². The minimum atomic E-state index is -0.379. The van der Waals surface area contributed by atoms with E-state index in [1.165, 1.54) is 44.9 Å². The molecule has 1 atom stereocenters. The first-order valence-corrected chi connectivity index (χ1v) is 11.0. The number of piperazine rings is 1. The fraction of sp³-hybridized carbons (Fsp3) is 1.00. The van der Waals surface area contributed by atoms with Crippen LogP contribution in [0.5, 0.6) is 0 Å². The molecule has 2 N–H and O–H groups in total. The van der Waals surface area contributed by atoms with Crippen LogP contribution < -0.4 is 0 Å². The van der Waals surface area contributed by atoms with Crippen LogP contribution in [-0.4, -0.2) is 85.2 Å². The highest BCUT2D eigenvalue weighted by Gasteiger charge is 2.50. The topological polar surface area (TPSA) is 56.2 Å². The van der Waals surface area contributed by atoms with E-state index >= 15 is 0 Å². The molecule has 5 fully saturated rings. The van der Waals surface area contributed by atoms with Crippen molar-refractivity contribution in [3.05, 3.63) is 0 Å². The van der Waals surface area contributed by atoms with Crippen molar-refractivity contribution in [3.63, 3.8) is 0 Å². The molecule has 1 saturated heterocycles. The summed E-state index contributed by atoms with van der Waals surface area (Å²) in [7, 11) is 0. The SMILES string of the molecule is OCCN1CCN(C[C@H](O)COCCC23CC4CC(CC(C4)C2)C3)CC1. The third kappa shape index (κ3) is 4.61. The lowest BCUT2D eigenvalue weighted by atomic mass is 9.49. The van der Waals surface area contributed by atoms with Crippen molar-refractivity contribution in [2.45, 2.75) is 51.0 Å². The molecule has 0 spiro atoms. The average molecular weight is 367 g/mol. The molecule has 1 heterocycles. The maximum Gasteiger partial charge on any atom is 0.0900 e. The molecule has 150 valence electrons. The number of hydrogen-bond donors (Lipinski definition) is 2. The van der Waals surface area contributed by atoms with Gasteiger partial charge in [-0.25, -0.2) is 0 Å². The lowest BCUT2D eigenvalue weighted by Crippen LogP contribution is -2.49. The summed E-state index contributed by atoms with van der Waals surface area (Å²) in [5.74, 6) is 3.03. The zero-order chi connectivity index (χ0) is 18.0. The van der Waals surface area contributed by atoms with Crippen molar-refractivity contribution in [1.82, 2.24) is 9.80 Å². The van der Waals surface area contributed by atoms with Gasteiger partial charge in [0.05, 0.1) is 19.3 Å². The zero-order valence-electron chi connectivity index (χ0n) is 16.3. The minimum absolute atomic E-state index is 0.236. The van der Waals surface area contributed by atoms with Crippen LogP contribution >= 0.6 is 0 Å². The van der Waals surface area contributed by atoms with Crippen molar-refractivity contribution in [2.24, 2.45) is 23.2 Å². The number of aliphatic hydroxyl groups excluding tert-OH is 2. The number of aliphatic hydroxyl groups is 2. The van der Waals surface area contributed by atoms with Crippen LogP contribution in [0.3, 0.4) is 0 Å². The minimum Gasteiger partial charge on any atom is -0.395 e. The number of β-amino-alcohol motifs (C(OH)–C–C–N with tert-alkyl or cyclic N) is 2. The second-order valence-electron chi connectivity index (χ2n) is 9.76. The zero-order valence-corrected chi connectivity index (χ0v) is 16.3. The molecule has 0 radical (unpaired) electrons. The van der Waals surface area contributed by atoms with Gasteiger partial charge in [-0.15, -0.1) is 0 Å². The Morgan fingerprint density at radius 2 is 1.50 bits per heavy atom. The molecule has 4 saturated carbocycles. The maximum atomic E-state index is 10.3. The summed E-state index contributed by atoms with van der Waals surface area (Å²) in [5.41, 5.74) is 0.586. The Bertz CT molecular complexity index is 415. The molecule has 0 aromatic carbocycles. The molecule has 26 heavy (non-hydrogen) atoms. The molecule has 1 aliphatic heterocycles. The Labute approximate surface area is 158 Å². The molecule has 0 aromatic rings. The lowest BCUT2D eigenvalue weighted by Gasteiger charge is -2.57. The fourth-order valence-electron chi connectivity index (χ4n) is 6.79. The molecule has 0 aromatic heterocycles. The summed E-state index contributed by atoms with van der Waals surface area (Å²) in [5, 5.41) is 19.3. The van der Waals surface area contributed by atoms with E-state index in [4.69, 9.17) is 9.84 Å². The summed E-state index contributed by atoms with van der Waals surface area (Å²) >= 11 is 0. The normalized spacial score (nSPS) is 38.8. The molecule has 0 amide bonds. The van der Waals surface area contributed by atoms with Crippen molar-refractivity contribution in [2.75, 3.05) is 59.1 Å². The van der Waals surface area contributed by atoms with E-state index in [0.29, 0.717) is 18.6 Å². The summed E-state index contributed by atoms with van der Waals surface area (Å²) in [6.45, 7) is 6.94. The van der Waals surface area contributed by atoms with Gasteiger partial charge in [0.2, 0.25) is 0 Å². The van der Waals surface area contributed by atoms with Crippen LogP contribution in [-0.2, 0) is 4.74 Å². The highest BCUT2D eigenvalue weighted by Crippen LogP contribution is 2.61. The van der Waals surface area contributed by atoms with E-state index in [0.717, 1.165) is 57.1 Å². The first-order valence-electron chi connectivity index (χ1n) is 11.0. The van der Waals surface area contributed by atoms with Crippen molar-refractivity contribution < 1.29 is 14.9 Å². The standard InChI is InChI=1S/C21H38N2O3/c24-7-6-22-2-4-23(5-3-22)15-20(25)16-26-8-1-21-12-17-9-18(13-21)11-19(10-17)14-21/h17-20,24-25H,1-16H2/t17?,18?,19?,20-,21?/m0/s1. The van der Waals surface area contributed by atoms with Crippen LogP contribution in [0, 0.1) is 23.2 Å². The molecular weight excluding hydrogens is 328 g/mol. The largest absolute Gasteiger partial charge is 0.395 e. The van der Waals surface area contributed by atoms with Gasteiger partial charge in [0, 0.05) is 45.9 Å². The van der Waals surface area contributed by atoms with Gasteiger partial charge < -0.3 is 14.9 Å². The molecule has 0 unspecified atom stereocenters. The smallest absolute Gasteiger partial charge is 0.0900 e. The quantitative estimate of drug-likeness (QED) is 0.607. The monoisotopic (exact) mass is 366 g/mol. The van der Waals surface area contributed by atoms with Crippen LogP contribution in [0.15, 0.2) is 0 Å². The Hall–Kier alpha value is -0.200. The van der Waals surface area contributed by atoms with Gasteiger partial charge in [-0.05, 0) is 68.1 Å². The molecule has 5 nitrogen and oxygen atoms in total. The Morgan fingerprint density at radius 3 is 2.08 bits per heavy atom. The Morgan fingerprint density at radius 1 is 0.923 bits per heavy atom. The van der Waals surface area contributed by atoms with Gasteiger partial charge in [0.1, 0.15) is 0 Å². The molecule has 4 aliphatic carbocycles. The third-order valence-electron chi connectivity index (χ3n) is 7.60. The van der Waals surface area contributed by atoms with Gasteiger partial charge in [0.25, 0.3) is 0 Å². The number of hydrogen-bond acceptors (Lipinski definition) is 5. The summed E-state index contributed by atoms with van der Waals surface area (Å²) in [6.07, 6.45) is 9.69. The van der Waals surface area contributed by atoms with Crippen molar-refractivity contribution >= 4 is 0 Å². The number of ether oxygens (including phenoxy) is 1. The van der Waals surface area contributed by atoms with Gasteiger partial charge in [-0.2, -0.15) is 0 Å². The molecule has 4 bridgehead atoms. The Kier molecular flexibility index (Phi) is 6.21. The molecule has 5 heteroatoms. The molecule has 5 rings (SSSR count). The van der Waals surface area contributed by atoms with Crippen molar-refractivity contribution in [1.29, 1.82) is 0 Å². The van der Waals surface area contributed by atoms with E-state index in [2.05, 4.69) is 9.80 Å². The second kappa shape index (κ2) is 8.44. The first kappa shape index (κ1) is 19.1. The van der Waals surface area contributed by atoms with Crippen LogP contribution in [0.1, 0.15) is 44.9 Å². The molecular formula is C21H38N2O3.